The van der Waals surface area contributed by atoms with Crippen LogP contribution in [0.15, 0.2) is 47.4 Å². The van der Waals surface area contributed by atoms with Crippen molar-refractivity contribution in [3.05, 3.63) is 69.6 Å². The predicted molar refractivity (Wildman–Crippen MR) is 97.0 cm³/mol. The molecule has 0 fully saturated rings. The summed E-state index contributed by atoms with van der Waals surface area (Å²) in [5, 5.41) is 11.9. The van der Waals surface area contributed by atoms with Gasteiger partial charge in [0.2, 0.25) is 5.91 Å². The van der Waals surface area contributed by atoms with Crippen molar-refractivity contribution < 1.29 is 4.79 Å². The summed E-state index contributed by atoms with van der Waals surface area (Å²) in [7, 11) is 0. The Kier molecular flexibility index (Phi) is 4.05. The van der Waals surface area contributed by atoms with E-state index in [2.05, 4.69) is 31.3 Å². The number of nitrogens with zero attached hydrogens (tertiary/aromatic N) is 2. The number of benzene rings is 1. The summed E-state index contributed by atoms with van der Waals surface area (Å²) in [6.07, 6.45) is 4.51. The molecular weight excluding hydrogens is 314 g/mol. The lowest BCUT2D eigenvalue weighted by molar-refractivity contribution is -0.114. The molecule has 1 N–H and O–H groups in total. The quantitative estimate of drug-likeness (QED) is 0.917. The highest BCUT2D eigenvalue weighted by Gasteiger charge is 2.26. The number of nitriles is 1. The van der Waals surface area contributed by atoms with Gasteiger partial charge in [-0.15, -0.1) is 0 Å². The fourth-order valence-corrected chi connectivity index (χ4v) is 3.18. The molecule has 0 unspecified atom stereocenters. The van der Waals surface area contributed by atoms with Gasteiger partial charge in [-0.3, -0.25) is 14.2 Å². The molecule has 1 aliphatic carbocycles. The lowest BCUT2D eigenvalue weighted by Gasteiger charge is -2.30. The number of nitrogens with one attached hydrogen (secondary N) is 1. The maximum atomic E-state index is 12.5. The lowest BCUT2D eigenvalue weighted by atomic mass is 9.77. The number of rotatable bonds is 2. The van der Waals surface area contributed by atoms with Crippen LogP contribution in [-0.4, -0.2) is 10.5 Å². The maximum Gasteiger partial charge on any atom is 0.255 e. The molecule has 0 bridgehead atoms. The number of fused-ring (bicyclic) bond motifs is 1. The lowest BCUT2D eigenvalue weighted by Crippen LogP contribution is -2.26. The van der Waals surface area contributed by atoms with E-state index in [1.807, 2.05) is 12.1 Å². The molecule has 1 aromatic carbocycles. The van der Waals surface area contributed by atoms with E-state index >= 15 is 0 Å². The Morgan fingerprint density at radius 1 is 1.28 bits per heavy atom. The number of pyridine rings is 1. The molecule has 25 heavy (non-hydrogen) atoms. The van der Waals surface area contributed by atoms with Crippen LogP contribution in [0.5, 0.6) is 0 Å². The molecule has 3 rings (SSSR count). The number of carbonyl (C=O) groups is 1. The Bertz CT molecular complexity index is 991. The first-order valence-corrected chi connectivity index (χ1v) is 8.06. The van der Waals surface area contributed by atoms with E-state index in [1.165, 1.54) is 17.6 Å². The number of hydrogen-bond donors (Lipinski definition) is 1. The minimum absolute atomic E-state index is 0.125. The molecule has 0 saturated heterocycles. The minimum atomic E-state index is -0.199. The minimum Gasteiger partial charge on any atom is -0.325 e. The van der Waals surface area contributed by atoms with Crippen LogP contribution >= 0.6 is 0 Å². The van der Waals surface area contributed by atoms with Gasteiger partial charge in [-0.25, -0.2) is 0 Å². The second-order valence-electron chi connectivity index (χ2n) is 6.99. The molecule has 0 radical (unpaired) electrons. The molecule has 5 heteroatoms. The van der Waals surface area contributed by atoms with Crippen molar-refractivity contribution >= 4 is 17.3 Å². The van der Waals surface area contributed by atoms with Crippen LogP contribution in [-0.2, 0) is 11.2 Å². The second-order valence-corrected chi connectivity index (χ2v) is 6.99. The summed E-state index contributed by atoms with van der Waals surface area (Å²) >= 11 is 0. The van der Waals surface area contributed by atoms with Gasteiger partial charge in [-0.2, -0.15) is 5.26 Å². The molecule has 1 aromatic heterocycles. The van der Waals surface area contributed by atoms with Crippen molar-refractivity contribution in [2.45, 2.75) is 27.2 Å². The average molecular weight is 333 g/mol. The Hall–Kier alpha value is -3.13. The number of hydrogen-bond acceptors (Lipinski definition) is 3. The molecule has 126 valence electrons. The van der Waals surface area contributed by atoms with Crippen LogP contribution in [0.4, 0.5) is 5.69 Å². The Labute approximate surface area is 146 Å². The van der Waals surface area contributed by atoms with Crippen molar-refractivity contribution in [3.63, 3.8) is 0 Å². The normalized spacial score (nSPS) is 14.9. The zero-order chi connectivity index (χ0) is 18.2. The van der Waals surface area contributed by atoms with Crippen molar-refractivity contribution in [1.29, 1.82) is 5.26 Å². The Balaban J connectivity index is 2.22. The molecule has 1 heterocycles. The molecule has 1 amide bonds. The van der Waals surface area contributed by atoms with Gasteiger partial charge >= 0.3 is 0 Å². The SMILES string of the molecule is CC(=O)Nc1ccc(=O)n(C2=CC(C)(C)Cc3ccc(C#N)cc32)c1. The number of amides is 1. The van der Waals surface area contributed by atoms with Gasteiger partial charge < -0.3 is 5.32 Å². The van der Waals surface area contributed by atoms with Crippen molar-refractivity contribution in [3.8, 4) is 6.07 Å². The monoisotopic (exact) mass is 333 g/mol. The van der Waals surface area contributed by atoms with Crippen molar-refractivity contribution in [2.75, 3.05) is 5.32 Å². The summed E-state index contributed by atoms with van der Waals surface area (Å²) in [6.45, 7) is 5.64. The van der Waals surface area contributed by atoms with Crippen molar-refractivity contribution in [2.24, 2.45) is 5.41 Å². The molecular formula is C20H19N3O2. The van der Waals surface area contributed by atoms with Crippen LogP contribution in [0.25, 0.3) is 5.70 Å². The summed E-state index contributed by atoms with van der Waals surface area (Å²) < 4.78 is 1.53. The molecule has 0 aliphatic heterocycles. The zero-order valence-corrected chi connectivity index (χ0v) is 14.5. The third-order valence-corrected chi connectivity index (χ3v) is 4.18. The predicted octanol–water partition coefficient (Wildman–Crippen LogP) is 3.15. The van der Waals surface area contributed by atoms with Gasteiger partial charge in [-0.1, -0.05) is 26.0 Å². The van der Waals surface area contributed by atoms with Gasteiger partial charge in [0.05, 0.1) is 23.0 Å². The molecule has 1 aliphatic rings. The third-order valence-electron chi connectivity index (χ3n) is 4.18. The van der Waals surface area contributed by atoms with Gasteiger partial charge in [0, 0.05) is 24.8 Å². The van der Waals surface area contributed by atoms with Crippen LogP contribution in [0.2, 0.25) is 0 Å². The zero-order valence-electron chi connectivity index (χ0n) is 14.5. The summed E-state index contributed by atoms with van der Waals surface area (Å²) in [4.78, 5) is 23.8. The topological polar surface area (TPSA) is 74.9 Å². The van der Waals surface area contributed by atoms with Crippen LogP contribution < -0.4 is 10.9 Å². The van der Waals surface area contributed by atoms with Crippen molar-refractivity contribution in [1.82, 2.24) is 4.57 Å². The smallest absolute Gasteiger partial charge is 0.255 e. The summed E-state index contributed by atoms with van der Waals surface area (Å²) in [6, 6.07) is 10.7. The fourth-order valence-electron chi connectivity index (χ4n) is 3.18. The molecule has 2 aromatic rings. The van der Waals surface area contributed by atoms with E-state index in [4.69, 9.17) is 0 Å². The van der Waals surface area contributed by atoms with Gasteiger partial charge in [0.1, 0.15) is 0 Å². The fraction of sp³-hybridized carbons (Fsp3) is 0.250. The van der Waals surface area contributed by atoms with E-state index < -0.39 is 0 Å². The Morgan fingerprint density at radius 2 is 2.04 bits per heavy atom. The van der Waals surface area contributed by atoms with Crippen LogP contribution in [0.1, 0.15) is 37.5 Å². The third kappa shape index (κ3) is 3.38. The standard InChI is InChI=1S/C20H19N3O2/c1-13(24)22-16-6-7-19(25)23(12-16)18-10-20(2,3)9-15-5-4-14(11-21)8-17(15)18/h4-8,10,12H,9H2,1-3H3,(H,22,24). The maximum absolute atomic E-state index is 12.5. The van der Waals surface area contributed by atoms with Crippen LogP contribution in [0, 0.1) is 16.7 Å². The highest BCUT2D eigenvalue weighted by atomic mass is 16.1. The van der Waals surface area contributed by atoms with E-state index in [0.717, 1.165) is 23.2 Å². The van der Waals surface area contributed by atoms with Gasteiger partial charge in [0.15, 0.2) is 0 Å². The van der Waals surface area contributed by atoms with Crippen LogP contribution in [0.3, 0.4) is 0 Å². The average Bonchev–Trinajstić information content (AvgIpc) is 2.54. The Morgan fingerprint density at radius 3 is 2.72 bits per heavy atom. The first-order valence-electron chi connectivity index (χ1n) is 8.06. The first kappa shape index (κ1) is 16.7. The van der Waals surface area contributed by atoms with E-state index in [1.54, 1.807) is 18.3 Å². The molecule has 0 spiro atoms. The van der Waals surface area contributed by atoms with E-state index in [9.17, 15) is 14.9 Å². The highest BCUT2D eigenvalue weighted by molar-refractivity contribution is 5.88. The molecule has 0 atom stereocenters. The number of allylic oxidation sites excluding steroid dienone is 1. The molecule has 5 nitrogen and oxygen atoms in total. The second kappa shape index (κ2) is 6.06. The molecule has 0 saturated carbocycles. The summed E-state index contributed by atoms with van der Waals surface area (Å²) in [5.74, 6) is -0.199. The first-order chi connectivity index (χ1) is 11.8. The van der Waals surface area contributed by atoms with E-state index in [-0.39, 0.29) is 16.9 Å². The van der Waals surface area contributed by atoms with Gasteiger partial charge in [-0.05, 0) is 35.6 Å². The summed E-state index contributed by atoms with van der Waals surface area (Å²) in [5.41, 5.74) is 3.50. The highest BCUT2D eigenvalue weighted by Crippen LogP contribution is 2.37. The van der Waals surface area contributed by atoms with E-state index in [0.29, 0.717) is 11.3 Å². The largest absolute Gasteiger partial charge is 0.325 e. The van der Waals surface area contributed by atoms with Gasteiger partial charge in [0.25, 0.3) is 5.56 Å². The number of aromatic nitrogens is 1. The number of carbonyl (C=O) groups excluding carboxylic acids is 1. The number of anilines is 1.